The third-order valence-electron chi connectivity index (χ3n) is 5.12. The van der Waals surface area contributed by atoms with Crippen molar-refractivity contribution in [1.29, 1.82) is 5.26 Å². The molecule has 2 aliphatic rings. The molecule has 28 heavy (non-hydrogen) atoms. The maximum Gasteiger partial charge on any atom is 0.253 e. The van der Waals surface area contributed by atoms with Crippen molar-refractivity contribution >= 4 is 11.8 Å². The normalized spacial score (nSPS) is 16.3. The highest BCUT2D eigenvalue weighted by atomic mass is 19.1. The highest BCUT2D eigenvalue weighted by Gasteiger charge is 2.27. The van der Waals surface area contributed by atoms with Crippen LogP contribution in [0.3, 0.4) is 0 Å². The number of halogens is 1. The summed E-state index contributed by atoms with van der Waals surface area (Å²) in [6, 6.07) is 11.2. The van der Waals surface area contributed by atoms with E-state index < -0.39 is 5.82 Å². The summed E-state index contributed by atoms with van der Waals surface area (Å²) < 4.78 is 19.7. The molecule has 0 unspecified atom stereocenters. The first kappa shape index (κ1) is 18.0. The van der Waals surface area contributed by atoms with E-state index >= 15 is 0 Å². The Morgan fingerprint density at radius 1 is 1.21 bits per heavy atom. The number of amides is 2. The van der Waals surface area contributed by atoms with Gasteiger partial charge in [-0.25, -0.2) is 4.39 Å². The van der Waals surface area contributed by atoms with Gasteiger partial charge in [-0.3, -0.25) is 9.59 Å². The number of benzene rings is 2. The molecule has 0 radical (unpaired) electrons. The maximum absolute atomic E-state index is 14.0. The molecule has 1 saturated heterocycles. The van der Waals surface area contributed by atoms with E-state index in [1.807, 2.05) is 6.07 Å². The fourth-order valence-corrected chi connectivity index (χ4v) is 3.57. The highest BCUT2D eigenvalue weighted by molar-refractivity contribution is 6.01. The highest BCUT2D eigenvalue weighted by Crippen LogP contribution is 2.24. The zero-order valence-corrected chi connectivity index (χ0v) is 15.1. The molecule has 142 valence electrons. The lowest BCUT2D eigenvalue weighted by Crippen LogP contribution is -2.41. The summed E-state index contributed by atoms with van der Waals surface area (Å²) in [6.45, 7) is 1.46. The van der Waals surface area contributed by atoms with Crippen LogP contribution >= 0.6 is 0 Å². The van der Waals surface area contributed by atoms with Gasteiger partial charge in [-0.2, -0.15) is 5.26 Å². The van der Waals surface area contributed by atoms with Gasteiger partial charge in [-0.1, -0.05) is 0 Å². The molecule has 2 aliphatic heterocycles. The molecule has 2 aromatic carbocycles. The van der Waals surface area contributed by atoms with Gasteiger partial charge >= 0.3 is 0 Å². The molecule has 2 aromatic rings. The molecule has 7 heteroatoms. The van der Waals surface area contributed by atoms with Crippen molar-refractivity contribution in [1.82, 2.24) is 10.2 Å². The Bertz CT molecular complexity index is 991. The number of carbonyl (C=O) groups excluding carboxylic acids is 2. The molecular weight excluding hydrogens is 361 g/mol. The summed E-state index contributed by atoms with van der Waals surface area (Å²) in [5.41, 5.74) is 2.27. The lowest BCUT2D eigenvalue weighted by Gasteiger charge is -2.32. The first-order valence-electron chi connectivity index (χ1n) is 9.12. The second kappa shape index (κ2) is 7.31. The molecule has 0 spiro atoms. The summed E-state index contributed by atoms with van der Waals surface area (Å²) in [7, 11) is 0. The Hall–Kier alpha value is -3.40. The molecule has 0 bridgehead atoms. The lowest BCUT2D eigenvalue weighted by molar-refractivity contribution is 0.0588. The third kappa shape index (κ3) is 3.41. The molecule has 1 fully saturated rings. The van der Waals surface area contributed by atoms with Gasteiger partial charge in [-0.05, 0) is 42.0 Å². The summed E-state index contributed by atoms with van der Waals surface area (Å²) in [5.74, 6) is -0.620. The number of hydrogen-bond donors (Lipinski definition) is 1. The smallest absolute Gasteiger partial charge is 0.253 e. The topological polar surface area (TPSA) is 82.4 Å². The number of carbonyl (C=O) groups is 2. The monoisotopic (exact) mass is 379 g/mol. The predicted octanol–water partition coefficient (Wildman–Crippen LogP) is 2.62. The van der Waals surface area contributed by atoms with Gasteiger partial charge in [-0.15, -0.1) is 0 Å². The lowest BCUT2D eigenvalue weighted by atomic mass is 10.0. The quantitative estimate of drug-likeness (QED) is 0.889. The van der Waals surface area contributed by atoms with E-state index in [0.717, 1.165) is 11.6 Å². The fourth-order valence-electron chi connectivity index (χ4n) is 3.57. The van der Waals surface area contributed by atoms with Gasteiger partial charge in [0.15, 0.2) is 11.6 Å². The molecule has 4 rings (SSSR count). The summed E-state index contributed by atoms with van der Waals surface area (Å²) in [4.78, 5) is 26.1. The van der Waals surface area contributed by atoms with Crippen LogP contribution in [0.5, 0.6) is 5.75 Å². The van der Waals surface area contributed by atoms with E-state index in [1.54, 1.807) is 23.1 Å². The van der Waals surface area contributed by atoms with Crippen molar-refractivity contribution < 1.29 is 18.7 Å². The number of ether oxygens (including phenoxy) is 1. The van der Waals surface area contributed by atoms with Crippen LogP contribution in [-0.2, 0) is 6.54 Å². The Kier molecular flexibility index (Phi) is 4.70. The molecular formula is C21H18FN3O3. The SMILES string of the molecule is N#Cc1ccc(OC2CCN(C(=O)c3ccc4c(c3)CNC4=O)CC2)c(F)c1. The minimum Gasteiger partial charge on any atom is -0.487 e. The van der Waals surface area contributed by atoms with E-state index in [-0.39, 0.29) is 29.2 Å². The maximum atomic E-state index is 14.0. The van der Waals surface area contributed by atoms with Gasteiger partial charge in [0.2, 0.25) is 0 Å². The summed E-state index contributed by atoms with van der Waals surface area (Å²) in [5, 5.41) is 11.5. The molecule has 2 heterocycles. The van der Waals surface area contributed by atoms with E-state index in [9.17, 15) is 14.0 Å². The number of piperidine rings is 1. The van der Waals surface area contributed by atoms with E-state index in [4.69, 9.17) is 10.00 Å². The van der Waals surface area contributed by atoms with Crippen molar-refractivity contribution in [3.8, 4) is 11.8 Å². The molecule has 0 atom stereocenters. The van der Waals surface area contributed by atoms with Crippen molar-refractivity contribution in [3.63, 3.8) is 0 Å². The first-order chi connectivity index (χ1) is 13.5. The van der Waals surface area contributed by atoms with Crippen molar-refractivity contribution in [2.45, 2.75) is 25.5 Å². The first-order valence-corrected chi connectivity index (χ1v) is 9.12. The zero-order valence-electron chi connectivity index (χ0n) is 15.1. The van der Waals surface area contributed by atoms with E-state index in [1.165, 1.54) is 12.1 Å². The minimum atomic E-state index is -0.557. The van der Waals surface area contributed by atoms with Gasteiger partial charge in [0.1, 0.15) is 6.10 Å². The largest absolute Gasteiger partial charge is 0.487 e. The van der Waals surface area contributed by atoms with Gasteiger partial charge in [0.05, 0.1) is 11.6 Å². The van der Waals surface area contributed by atoms with Crippen LogP contribution in [0.15, 0.2) is 36.4 Å². The van der Waals surface area contributed by atoms with Crippen LogP contribution in [0, 0.1) is 17.1 Å². The predicted molar refractivity (Wildman–Crippen MR) is 98.3 cm³/mol. The molecule has 0 aliphatic carbocycles. The standard InChI is InChI=1S/C21H18FN3O3/c22-18-9-13(11-23)1-4-19(18)28-16-5-7-25(8-6-16)21(27)14-2-3-17-15(10-14)12-24-20(17)26/h1-4,9-10,16H,5-8,12H2,(H,24,26). The van der Waals surface area contributed by atoms with E-state index in [2.05, 4.69) is 5.32 Å². The fraction of sp³-hybridized carbons (Fsp3) is 0.286. The molecule has 2 amide bonds. The second-order valence-electron chi connectivity index (χ2n) is 6.92. The van der Waals surface area contributed by atoms with Crippen LogP contribution in [0.1, 0.15) is 44.7 Å². The third-order valence-corrected chi connectivity index (χ3v) is 5.12. The van der Waals surface area contributed by atoms with Crippen molar-refractivity contribution in [2.24, 2.45) is 0 Å². The Labute approximate surface area is 161 Å². The van der Waals surface area contributed by atoms with Crippen molar-refractivity contribution in [3.05, 3.63) is 64.5 Å². The molecule has 0 saturated carbocycles. The van der Waals surface area contributed by atoms with Crippen LogP contribution in [-0.4, -0.2) is 35.9 Å². The van der Waals surface area contributed by atoms with Crippen LogP contribution in [0.25, 0.3) is 0 Å². The van der Waals surface area contributed by atoms with Crippen LogP contribution in [0.2, 0.25) is 0 Å². The number of nitrogens with zero attached hydrogens (tertiary/aromatic N) is 2. The average Bonchev–Trinajstić information content (AvgIpc) is 3.09. The number of likely N-dealkylation sites (tertiary alicyclic amines) is 1. The minimum absolute atomic E-state index is 0.0786. The molecule has 1 N–H and O–H groups in total. The number of nitriles is 1. The summed E-state index contributed by atoms with van der Waals surface area (Å²) in [6.07, 6.45) is 1.00. The molecule has 6 nitrogen and oxygen atoms in total. The van der Waals surface area contributed by atoms with Gasteiger partial charge < -0.3 is 15.0 Å². The Balaban J connectivity index is 1.37. The zero-order chi connectivity index (χ0) is 19.7. The second-order valence-corrected chi connectivity index (χ2v) is 6.92. The summed E-state index contributed by atoms with van der Waals surface area (Å²) >= 11 is 0. The Morgan fingerprint density at radius 2 is 2.00 bits per heavy atom. The number of fused-ring (bicyclic) bond motifs is 1. The number of nitrogens with one attached hydrogen (secondary N) is 1. The van der Waals surface area contributed by atoms with E-state index in [0.29, 0.717) is 43.6 Å². The van der Waals surface area contributed by atoms with Crippen molar-refractivity contribution in [2.75, 3.05) is 13.1 Å². The van der Waals surface area contributed by atoms with Crippen LogP contribution < -0.4 is 10.1 Å². The molecule has 0 aromatic heterocycles. The average molecular weight is 379 g/mol. The van der Waals surface area contributed by atoms with Gasteiger partial charge in [0, 0.05) is 43.6 Å². The Morgan fingerprint density at radius 3 is 2.71 bits per heavy atom. The number of rotatable bonds is 3. The van der Waals surface area contributed by atoms with Gasteiger partial charge in [0.25, 0.3) is 11.8 Å². The number of hydrogen-bond acceptors (Lipinski definition) is 4. The van der Waals surface area contributed by atoms with Crippen LogP contribution in [0.4, 0.5) is 4.39 Å².